The van der Waals surface area contributed by atoms with Gasteiger partial charge in [0.05, 0.1) is 11.8 Å². The fraction of sp³-hybridized carbons (Fsp3) is 0.367. The number of piperidine rings is 1. The molecule has 2 heterocycles. The van der Waals surface area contributed by atoms with Crippen molar-refractivity contribution >= 4 is 23.6 Å². The summed E-state index contributed by atoms with van der Waals surface area (Å²) in [6, 6.07) is 14.8. The van der Waals surface area contributed by atoms with Crippen molar-refractivity contribution in [2.45, 2.75) is 46.1 Å². The number of benzene rings is 2. The number of likely N-dealkylation sites (tertiary alicyclic amines) is 1. The van der Waals surface area contributed by atoms with Crippen LogP contribution in [0.2, 0.25) is 0 Å². The Morgan fingerprint density at radius 1 is 0.974 bits per heavy atom. The number of hydrogen-bond donors (Lipinski definition) is 2. The molecule has 4 rings (SSSR count). The van der Waals surface area contributed by atoms with Gasteiger partial charge in [-0.3, -0.25) is 9.59 Å². The van der Waals surface area contributed by atoms with Gasteiger partial charge in [0.1, 0.15) is 11.9 Å². The zero-order valence-electron chi connectivity index (χ0n) is 22.4. The minimum absolute atomic E-state index is 0.121. The zero-order chi connectivity index (χ0) is 27.3. The van der Waals surface area contributed by atoms with Crippen LogP contribution in [0.25, 0.3) is 11.1 Å². The molecule has 0 saturated carbocycles. The van der Waals surface area contributed by atoms with Gasteiger partial charge in [0, 0.05) is 30.9 Å². The summed E-state index contributed by atoms with van der Waals surface area (Å²) in [5, 5.41) is 5.92. The molecule has 2 aromatic carbocycles. The molecule has 0 unspecified atom stereocenters. The van der Waals surface area contributed by atoms with Crippen LogP contribution in [0.3, 0.4) is 0 Å². The lowest BCUT2D eigenvalue weighted by atomic mass is 9.96. The molecule has 3 aromatic rings. The van der Waals surface area contributed by atoms with E-state index in [4.69, 9.17) is 9.15 Å². The Bertz CT molecular complexity index is 1270. The van der Waals surface area contributed by atoms with Crippen LogP contribution in [-0.2, 0) is 4.74 Å². The molecule has 1 aliphatic rings. The summed E-state index contributed by atoms with van der Waals surface area (Å²) in [7, 11) is 0. The molecule has 8 nitrogen and oxygen atoms in total. The molecule has 1 aromatic heterocycles. The predicted molar refractivity (Wildman–Crippen MR) is 146 cm³/mol. The highest BCUT2D eigenvalue weighted by molar-refractivity contribution is 6.04. The van der Waals surface area contributed by atoms with Crippen LogP contribution in [0.1, 0.15) is 59.9 Å². The number of furan rings is 1. The van der Waals surface area contributed by atoms with Gasteiger partial charge < -0.3 is 24.7 Å². The largest absolute Gasteiger partial charge is 0.472 e. The van der Waals surface area contributed by atoms with Gasteiger partial charge in [-0.2, -0.15) is 0 Å². The van der Waals surface area contributed by atoms with E-state index in [9.17, 15) is 14.4 Å². The molecule has 0 aliphatic carbocycles. The Labute approximate surface area is 223 Å². The van der Waals surface area contributed by atoms with Crippen molar-refractivity contribution in [1.82, 2.24) is 10.2 Å². The highest BCUT2D eigenvalue weighted by atomic mass is 16.6. The lowest BCUT2D eigenvalue weighted by molar-refractivity contribution is 0.0183. The smallest absolute Gasteiger partial charge is 0.410 e. The van der Waals surface area contributed by atoms with Crippen LogP contribution < -0.4 is 10.6 Å². The molecule has 1 aliphatic heterocycles. The minimum Gasteiger partial charge on any atom is -0.472 e. The SMILES string of the molecule is Cc1ccc(NC(=O)c2ccoc2)cc1-c1ccc(C(=O)NCC2CCN(C(=O)OC(C)(C)C)CC2)cc1. The molecule has 0 spiro atoms. The van der Waals surface area contributed by atoms with Gasteiger partial charge in [-0.1, -0.05) is 18.2 Å². The number of hydrogen-bond acceptors (Lipinski definition) is 5. The van der Waals surface area contributed by atoms with Crippen LogP contribution in [0, 0.1) is 12.8 Å². The van der Waals surface area contributed by atoms with E-state index in [0.29, 0.717) is 42.4 Å². The van der Waals surface area contributed by atoms with E-state index in [-0.39, 0.29) is 17.9 Å². The third-order valence-electron chi connectivity index (χ3n) is 6.55. The second kappa shape index (κ2) is 11.5. The molecular formula is C30H35N3O5. The fourth-order valence-corrected chi connectivity index (χ4v) is 4.39. The van der Waals surface area contributed by atoms with Crippen molar-refractivity contribution in [3.8, 4) is 11.1 Å². The number of aryl methyl sites for hydroxylation is 1. The normalized spacial score (nSPS) is 14.2. The molecular weight excluding hydrogens is 482 g/mol. The van der Waals surface area contributed by atoms with Crippen LogP contribution in [0.5, 0.6) is 0 Å². The van der Waals surface area contributed by atoms with E-state index in [1.165, 1.54) is 12.5 Å². The van der Waals surface area contributed by atoms with Gasteiger partial charge in [0.15, 0.2) is 0 Å². The van der Waals surface area contributed by atoms with Crippen molar-refractivity contribution in [2.24, 2.45) is 5.92 Å². The summed E-state index contributed by atoms with van der Waals surface area (Å²) >= 11 is 0. The average molecular weight is 518 g/mol. The van der Waals surface area contributed by atoms with Gasteiger partial charge in [0.25, 0.3) is 11.8 Å². The number of anilines is 1. The second-order valence-electron chi connectivity index (χ2n) is 10.7. The average Bonchev–Trinajstić information content (AvgIpc) is 3.43. The van der Waals surface area contributed by atoms with Crippen LogP contribution in [0.15, 0.2) is 65.5 Å². The third-order valence-corrected chi connectivity index (χ3v) is 6.55. The Morgan fingerprint density at radius 3 is 2.32 bits per heavy atom. The second-order valence-corrected chi connectivity index (χ2v) is 10.7. The highest BCUT2D eigenvalue weighted by Crippen LogP contribution is 2.27. The summed E-state index contributed by atoms with van der Waals surface area (Å²) < 4.78 is 10.4. The van der Waals surface area contributed by atoms with Crippen molar-refractivity contribution in [1.29, 1.82) is 0 Å². The van der Waals surface area contributed by atoms with Gasteiger partial charge in [-0.25, -0.2) is 4.79 Å². The Hall–Kier alpha value is -4.07. The van der Waals surface area contributed by atoms with Crippen molar-refractivity contribution in [3.05, 3.63) is 77.7 Å². The van der Waals surface area contributed by atoms with Gasteiger partial charge in [-0.05, 0) is 93.5 Å². The molecule has 200 valence electrons. The molecule has 0 bridgehead atoms. The lowest BCUT2D eigenvalue weighted by Gasteiger charge is -2.33. The number of rotatable bonds is 6. The highest BCUT2D eigenvalue weighted by Gasteiger charge is 2.27. The predicted octanol–water partition coefficient (Wildman–Crippen LogP) is 5.88. The molecule has 3 amide bonds. The van der Waals surface area contributed by atoms with Crippen molar-refractivity contribution in [2.75, 3.05) is 25.0 Å². The first-order chi connectivity index (χ1) is 18.1. The van der Waals surface area contributed by atoms with Gasteiger partial charge in [0.2, 0.25) is 0 Å². The number of carbonyl (C=O) groups is 3. The van der Waals surface area contributed by atoms with Crippen LogP contribution in [0.4, 0.5) is 10.5 Å². The third kappa shape index (κ3) is 7.03. The first kappa shape index (κ1) is 27.0. The van der Waals surface area contributed by atoms with E-state index in [1.54, 1.807) is 11.0 Å². The summed E-state index contributed by atoms with van der Waals surface area (Å²) in [5.74, 6) is -0.0420. The molecule has 1 fully saturated rings. The number of amides is 3. The Kier molecular flexibility index (Phi) is 8.20. The van der Waals surface area contributed by atoms with Gasteiger partial charge >= 0.3 is 6.09 Å². The molecule has 0 atom stereocenters. The first-order valence-electron chi connectivity index (χ1n) is 12.9. The van der Waals surface area contributed by atoms with E-state index < -0.39 is 5.60 Å². The maximum absolute atomic E-state index is 12.8. The lowest BCUT2D eigenvalue weighted by Crippen LogP contribution is -2.43. The summed E-state index contributed by atoms with van der Waals surface area (Å²) in [5.41, 5.74) is 4.19. The number of carbonyl (C=O) groups excluding carboxylic acids is 3. The monoisotopic (exact) mass is 517 g/mol. The molecule has 38 heavy (non-hydrogen) atoms. The molecule has 2 N–H and O–H groups in total. The molecule has 0 radical (unpaired) electrons. The summed E-state index contributed by atoms with van der Waals surface area (Å²) in [4.78, 5) is 39.1. The topological polar surface area (TPSA) is 101 Å². The van der Waals surface area contributed by atoms with Crippen molar-refractivity contribution < 1.29 is 23.5 Å². The standard InChI is InChI=1S/C30H35N3O5/c1-20-5-10-25(32-28(35)24-13-16-37-19-24)17-26(20)22-6-8-23(9-7-22)27(34)31-18-21-11-14-33(15-12-21)29(36)38-30(2,3)4/h5-10,13,16-17,19,21H,11-12,14-15,18H2,1-4H3,(H,31,34)(H,32,35). The summed E-state index contributed by atoms with van der Waals surface area (Å²) in [6.07, 6.45) is 4.24. The number of nitrogens with one attached hydrogen (secondary N) is 2. The zero-order valence-corrected chi connectivity index (χ0v) is 22.4. The van der Waals surface area contributed by atoms with E-state index in [2.05, 4.69) is 10.6 Å². The Balaban J connectivity index is 1.30. The fourth-order valence-electron chi connectivity index (χ4n) is 4.39. The quantitative estimate of drug-likeness (QED) is 0.425. The maximum Gasteiger partial charge on any atom is 0.410 e. The molecule has 8 heteroatoms. The van der Waals surface area contributed by atoms with Crippen molar-refractivity contribution in [3.63, 3.8) is 0 Å². The van der Waals surface area contributed by atoms with Crippen LogP contribution >= 0.6 is 0 Å². The Morgan fingerprint density at radius 2 is 1.68 bits per heavy atom. The van der Waals surface area contributed by atoms with E-state index in [1.807, 2.05) is 70.2 Å². The van der Waals surface area contributed by atoms with Gasteiger partial charge in [-0.15, -0.1) is 0 Å². The van der Waals surface area contributed by atoms with E-state index >= 15 is 0 Å². The number of nitrogens with zero attached hydrogens (tertiary/aromatic N) is 1. The first-order valence-corrected chi connectivity index (χ1v) is 12.9. The summed E-state index contributed by atoms with van der Waals surface area (Å²) in [6.45, 7) is 9.42. The van der Waals surface area contributed by atoms with Crippen LogP contribution in [-0.4, -0.2) is 48.0 Å². The number of ether oxygens (including phenoxy) is 1. The minimum atomic E-state index is -0.504. The van der Waals surface area contributed by atoms with E-state index in [0.717, 1.165) is 29.5 Å². The molecule has 1 saturated heterocycles. The maximum atomic E-state index is 12.8.